The minimum atomic E-state index is -0.769. The average Bonchev–Trinajstić information content (AvgIpc) is 2.89. The van der Waals surface area contributed by atoms with Crippen LogP contribution >= 0.6 is 0 Å². The Morgan fingerprint density at radius 3 is 1.97 bits per heavy atom. The molecule has 2 atom stereocenters. The Kier molecular flexibility index (Phi) is 10.4. The summed E-state index contributed by atoms with van der Waals surface area (Å²) < 4.78 is 11.1. The number of aliphatic carboxylic acids is 1. The van der Waals surface area contributed by atoms with Crippen molar-refractivity contribution in [1.82, 2.24) is 0 Å². The number of aliphatic hydroxyl groups excluding tert-OH is 1. The molecule has 0 spiro atoms. The first kappa shape index (κ1) is 27.3. The Morgan fingerprint density at radius 1 is 0.806 bits per heavy atom. The summed E-state index contributed by atoms with van der Waals surface area (Å²) in [5.41, 5.74) is 5.18. The lowest BCUT2D eigenvalue weighted by Crippen LogP contribution is -2.12. The molecule has 0 heterocycles. The van der Waals surface area contributed by atoms with E-state index < -0.39 is 12.1 Å². The molecule has 3 aromatic rings. The molecule has 0 saturated heterocycles. The van der Waals surface area contributed by atoms with Gasteiger partial charge in [0.1, 0.15) is 11.5 Å². The zero-order chi connectivity index (χ0) is 25.9. The van der Waals surface area contributed by atoms with Crippen molar-refractivity contribution < 1.29 is 24.5 Å². The molecule has 5 heteroatoms. The molecule has 0 aliphatic carbocycles. The standard InChI is InChI=1S/C31H38O5/c1-22-28(35-2)20-26(21-29(22)36-3)31(34)27(14-8-7-12-23-10-5-4-6-11-23)25-18-16-24(17-19-25)13-9-15-30(32)33/h4-6,10-11,16-21,27,31,34H,7-9,12-15H2,1-3H3,(H,32,33)/t27?,31-/m1/s1. The van der Waals surface area contributed by atoms with Crippen LogP contribution in [-0.4, -0.2) is 30.4 Å². The van der Waals surface area contributed by atoms with Crippen LogP contribution in [0.5, 0.6) is 11.5 Å². The van der Waals surface area contributed by atoms with Crippen LogP contribution in [0.2, 0.25) is 0 Å². The third-order valence-corrected chi connectivity index (χ3v) is 6.83. The lowest BCUT2D eigenvalue weighted by atomic mass is 9.84. The lowest BCUT2D eigenvalue weighted by molar-refractivity contribution is -0.137. The smallest absolute Gasteiger partial charge is 0.303 e. The Hall–Kier alpha value is -3.31. The summed E-state index contributed by atoms with van der Waals surface area (Å²) in [6.07, 6.45) is 4.66. The molecule has 0 aliphatic rings. The number of hydrogen-bond donors (Lipinski definition) is 2. The van der Waals surface area contributed by atoms with Crippen LogP contribution in [0.4, 0.5) is 0 Å². The fourth-order valence-electron chi connectivity index (χ4n) is 4.73. The number of methoxy groups -OCH3 is 2. The number of hydrogen-bond acceptors (Lipinski definition) is 4. The van der Waals surface area contributed by atoms with Gasteiger partial charge in [-0.3, -0.25) is 4.79 Å². The fourth-order valence-corrected chi connectivity index (χ4v) is 4.73. The van der Waals surface area contributed by atoms with Crippen LogP contribution in [0.25, 0.3) is 0 Å². The second-order valence-corrected chi connectivity index (χ2v) is 9.32. The van der Waals surface area contributed by atoms with Gasteiger partial charge in [0.15, 0.2) is 0 Å². The largest absolute Gasteiger partial charge is 0.496 e. The maximum atomic E-state index is 11.6. The Labute approximate surface area is 214 Å². The molecule has 2 N–H and O–H groups in total. The normalized spacial score (nSPS) is 12.7. The van der Waals surface area contributed by atoms with Gasteiger partial charge in [-0.1, -0.05) is 61.0 Å². The van der Waals surface area contributed by atoms with E-state index >= 15 is 0 Å². The first-order valence-electron chi connectivity index (χ1n) is 12.7. The molecule has 36 heavy (non-hydrogen) atoms. The van der Waals surface area contributed by atoms with Crippen molar-refractivity contribution in [3.63, 3.8) is 0 Å². The highest BCUT2D eigenvalue weighted by atomic mass is 16.5. The number of carboxylic acids is 1. The molecule has 0 amide bonds. The van der Waals surface area contributed by atoms with Crippen LogP contribution in [0, 0.1) is 6.92 Å². The fraction of sp³-hybridized carbons (Fsp3) is 0.387. The van der Waals surface area contributed by atoms with E-state index in [0.717, 1.165) is 54.4 Å². The molecular weight excluding hydrogens is 452 g/mol. The van der Waals surface area contributed by atoms with Crippen LogP contribution < -0.4 is 9.47 Å². The van der Waals surface area contributed by atoms with Crippen molar-refractivity contribution in [2.24, 2.45) is 0 Å². The number of rotatable bonds is 14. The van der Waals surface area contributed by atoms with E-state index in [4.69, 9.17) is 14.6 Å². The van der Waals surface area contributed by atoms with Gasteiger partial charge in [0, 0.05) is 17.9 Å². The summed E-state index contributed by atoms with van der Waals surface area (Å²) in [6.45, 7) is 1.94. The molecular formula is C31H38O5. The van der Waals surface area contributed by atoms with Gasteiger partial charge in [-0.2, -0.15) is 0 Å². The SMILES string of the molecule is COc1cc([C@@H](O)C(CCCCc2ccccc2)c2ccc(CCCC(=O)O)cc2)cc(OC)c1C. The second-order valence-electron chi connectivity index (χ2n) is 9.32. The predicted molar refractivity (Wildman–Crippen MR) is 143 cm³/mol. The minimum Gasteiger partial charge on any atom is -0.496 e. The van der Waals surface area contributed by atoms with Crippen LogP contribution in [0.15, 0.2) is 66.7 Å². The highest BCUT2D eigenvalue weighted by molar-refractivity contribution is 5.66. The van der Waals surface area contributed by atoms with E-state index in [2.05, 4.69) is 48.5 Å². The lowest BCUT2D eigenvalue weighted by Gasteiger charge is -2.25. The number of aliphatic hydroxyl groups is 1. The van der Waals surface area contributed by atoms with Crippen molar-refractivity contribution in [2.45, 2.75) is 63.9 Å². The van der Waals surface area contributed by atoms with Gasteiger partial charge in [0.25, 0.3) is 0 Å². The zero-order valence-electron chi connectivity index (χ0n) is 21.6. The summed E-state index contributed by atoms with van der Waals surface area (Å²) in [5.74, 6) is 0.528. The predicted octanol–water partition coefficient (Wildman–Crippen LogP) is 6.65. The first-order valence-corrected chi connectivity index (χ1v) is 12.7. The van der Waals surface area contributed by atoms with Crippen molar-refractivity contribution in [3.05, 3.63) is 94.5 Å². The number of ether oxygens (including phenoxy) is 2. The van der Waals surface area contributed by atoms with Gasteiger partial charge in [-0.15, -0.1) is 0 Å². The summed E-state index contributed by atoms with van der Waals surface area (Å²) >= 11 is 0. The number of aryl methyl sites for hydroxylation is 2. The molecule has 5 nitrogen and oxygen atoms in total. The van der Waals surface area contributed by atoms with Gasteiger partial charge < -0.3 is 19.7 Å². The average molecular weight is 491 g/mol. The van der Waals surface area contributed by atoms with Gasteiger partial charge >= 0.3 is 5.97 Å². The number of carboxylic acid groups (broad SMARTS) is 1. The van der Waals surface area contributed by atoms with Gasteiger partial charge in [0.05, 0.1) is 20.3 Å². The molecule has 0 saturated carbocycles. The van der Waals surface area contributed by atoms with Gasteiger partial charge in [-0.25, -0.2) is 0 Å². The topological polar surface area (TPSA) is 76.0 Å². The third kappa shape index (κ3) is 7.59. The Morgan fingerprint density at radius 2 is 1.39 bits per heavy atom. The van der Waals surface area contributed by atoms with Crippen molar-refractivity contribution in [2.75, 3.05) is 14.2 Å². The maximum Gasteiger partial charge on any atom is 0.303 e. The van der Waals surface area contributed by atoms with Gasteiger partial charge in [0.2, 0.25) is 0 Å². The molecule has 0 radical (unpaired) electrons. The summed E-state index contributed by atoms with van der Waals surface area (Å²) in [6, 6.07) is 22.5. The zero-order valence-corrected chi connectivity index (χ0v) is 21.6. The van der Waals surface area contributed by atoms with Crippen molar-refractivity contribution in [3.8, 4) is 11.5 Å². The summed E-state index contributed by atoms with van der Waals surface area (Å²) in [7, 11) is 3.25. The van der Waals surface area contributed by atoms with E-state index in [9.17, 15) is 9.90 Å². The van der Waals surface area contributed by atoms with E-state index in [0.29, 0.717) is 17.9 Å². The molecule has 192 valence electrons. The van der Waals surface area contributed by atoms with Crippen molar-refractivity contribution >= 4 is 5.97 Å². The van der Waals surface area contributed by atoms with E-state index in [1.165, 1.54) is 5.56 Å². The van der Waals surface area contributed by atoms with Crippen LogP contribution in [0.3, 0.4) is 0 Å². The minimum absolute atomic E-state index is 0.0917. The monoisotopic (exact) mass is 490 g/mol. The number of carbonyl (C=O) groups is 1. The highest BCUT2D eigenvalue weighted by Gasteiger charge is 2.25. The molecule has 0 bridgehead atoms. The quantitative estimate of drug-likeness (QED) is 0.247. The van der Waals surface area contributed by atoms with Crippen molar-refractivity contribution in [1.29, 1.82) is 0 Å². The van der Waals surface area contributed by atoms with E-state index in [1.807, 2.05) is 25.1 Å². The van der Waals surface area contributed by atoms with Gasteiger partial charge in [-0.05, 0) is 73.4 Å². The third-order valence-electron chi connectivity index (χ3n) is 6.83. The highest BCUT2D eigenvalue weighted by Crippen LogP contribution is 2.39. The molecule has 1 unspecified atom stereocenters. The van der Waals surface area contributed by atoms with E-state index in [-0.39, 0.29) is 12.3 Å². The molecule has 0 fully saturated rings. The Balaban J connectivity index is 1.79. The summed E-state index contributed by atoms with van der Waals surface area (Å²) in [4.78, 5) is 10.8. The molecule has 0 aliphatic heterocycles. The molecule has 3 aromatic carbocycles. The molecule has 3 rings (SSSR count). The maximum absolute atomic E-state index is 11.6. The first-order chi connectivity index (χ1) is 17.4. The second kappa shape index (κ2) is 13.7. The number of benzene rings is 3. The number of unbranched alkanes of at least 4 members (excludes halogenated alkanes) is 1. The van der Waals surface area contributed by atoms with Crippen LogP contribution in [0.1, 0.15) is 71.9 Å². The van der Waals surface area contributed by atoms with Crippen LogP contribution in [-0.2, 0) is 17.6 Å². The molecule has 0 aromatic heterocycles. The van der Waals surface area contributed by atoms with E-state index in [1.54, 1.807) is 14.2 Å². The Bertz CT molecular complexity index is 1070. The summed E-state index contributed by atoms with van der Waals surface area (Å²) in [5, 5.41) is 20.5.